The van der Waals surface area contributed by atoms with Crippen LogP contribution in [0, 0.1) is 5.92 Å². The Morgan fingerprint density at radius 2 is 2.00 bits per heavy atom. The molecule has 0 spiro atoms. The summed E-state index contributed by atoms with van der Waals surface area (Å²) in [7, 11) is 1.92. The first kappa shape index (κ1) is 19.2. The molecule has 3 heterocycles. The largest absolute Gasteiger partial charge is 0.342 e. The number of benzene rings is 1. The molecule has 1 N–H and O–H groups in total. The van der Waals surface area contributed by atoms with Crippen LogP contribution in [0.15, 0.2) is 36.7 Å². The lowest BCUT2D eigenvalue weighted by molar-refractivity contribution is -0.134. The molecule has 2 aliphatic rings. The van der Waals surface area contributed by atoms with Gasteiger partial charge in [0.1, 0.15) is 0 Å². The van der Waals surface area contributed by atoms with Gasteiger partial charge in [0.25, 0.3) is 0 Å². The summed E-state index contributed by atoms with van der Waals surface area (Å²) < 4.78 is 1.81. The summed E-state index contributed by atoms with van der Waals surface area (Å²) in [5, 5.41) is 8.40. The molecule has 2 fully saturated rings. The van der Waals surface area contributed by atoms with Crippen molar-refractivity contribution in [2.45, 2.75) is 18.3 Å². The van der Waals surface area contributed by atoms with Gasteiger partial charge in [0.15, 0.2) is 0 Å². The highest BCUT2D eigenvalue weighted by Crippen LogP contribution is 2.33. The maximum absolute atomic E-state index is 13.1. The molecule has 2 saturated heterocycles. The van der Waals surface area contributed by atoms with Crippen molar-refractivity contribution in [1.82, 2.24) is 20.0 Å². The van der Waals surface area contributed by atoms with Gasteiger partial charge in [-0.1, -0.05) is 23.7 Å². The first-order chi connectivity index (χ1) is 12.1. The van der Waals surface area contributed by atoms with Gasteiger partial charge in [-0.2, -0.15) is 5.10 Å². The smallest absolute Gasteiger partial charge is 0.227 e. The maximum atomic E-state index is 13.1. The van der Waals surface area contributed by atoms with E-state index in [0.717, 1.165) is 43.2 Å². The molecule has 0 aliphatic carbocycles. The second kappa shape index (κ2) is 7.99. The zero-order valence-corrected chi connectivity index (χ0v) is 16.3. The zero-order chi connectivity index (χ0) is 17.4. The van der Waals surface area contributed by atoms with Crippen molar-refractivity contribution in [2.75, 3.05) is 26.2 Å². The number of nitrogens with one attached hydrogen (secondary N) is 1. The molecule has 1 amide bonds. The third-order valence-electron chi connectivity index (χ3n) is 5.53. The Kier molecular flexibility index (Phi) is 5.90. The van der Waals surface area contributed by atoms with E-state index in [1.165, 1.54) is 5.56 Å². The fourth-order valence-corrected chi connectivity index (χ4v) is 4.25. The summed E-state index contributed by atoms with van der Waals surface area (Å²) in [6.07, 6.45) is 4.93. The number of likely N-dealkylation sites (tertiary alicyclic amines) is 1. The SMILES string of the molecule is Cl.Cn1cc([C@H]2CNC[C@@H]2C(=O)N2CCC(c3ccc(Cl)cc3)C2)cn1. The zero-order valence-electron chi connectivity index (χ0n) is 14.8. The number of hydrogen-bond donors (Lipinski definition) is 1. The number of hydrogen-bond acceptors (Lipinski definition) is 3. The van der Waals surface area contributed by atoms with Crippen molar-refractivity contribution in [3.63, 3.8) is 0 Å². The van der Waals surface area contributed by atoms with Gasteiger partial charge in [-0.15, -0.1) is 12.4 Å². The summed E-state index contributed by atoms with van der Waals surface area (Å²) in [5.74, 6) is 0.909. The third kappa shape index (κ3) is 3.75. The van der Waals surface area contributed by atoms with Crippen LogP contribution in [-0.4, -0.2) is 46.8 Å². The molecule has 1 aromatic heterocycles. The van der Waals surface area contributed by atoms with Gasteiger partial charge in [0.2, 0.25) is 5.91 Å². The Balaban J connectivity index is 0.00000196. The van der Waals surface area contributed by atoms with Crippen LogP contribution in [0.25, 0.3) is 0 Å². The van der Waals surface area contributed by atoms with Gasteiger partial charge in [0, 0.05) is 56.3 Å². The van der Waals surface area contributed by atoms with Crippen molar-refractivity contribution in [3.05, 3.63) is 52.8 Å². The second-order valence-corrected chi connectivity index (χ2v) is 7.58. The van der Waals surface area contributed by atoms with Gasteiger partial charge in [-0.25, -0.2) is 0 Å². The molecule has 2 aliphatic heterocycles. The topological polar surface area (TPSA) is 50.2 Å². The molecule has 0 radical (unpaired) electrons. The van der Waals surface area contributed by atoms with E-state index in [2.05, 4.69) is 22.5 Å². The average Bonchev–Trinajstić information content (AvgIpc) is 3.35. The maximum Gasteiger partial charge on any atom is 0.227 e. The van der Waals surface area contributed by atoms with E-state index in [9.17, 15) is 4.79 Å². The van der Waals surface area contributed by atoms with E-state index in [1.54, 1.807) is 0 Å². The molecule has 0 saturated carbocycles. The highest BCUT2D eigenvalue weighted by atomic mass is 35.5. The number of aromatic nitrogens is 2. The molecular formula is C19H24Cl2N4O. The predicted molar refractivity (Wildman–Crippen MR) is 105 cm³/mol. The molecule has 5 nitrogen and oxygen atoms in total. The van der Waals surface area contributed by atoms with Crippen LogP contribution in [0.2, 0.25) is 5.02 Å². The van der Waals surface area contributed by atoms with Gasteiger partial charge in [0.05, 0.1) is 12.1 Å². The van der Waals surface area contributed by atoms with E-state index in [0.29, 0.717) is 5.92 Å². The number of halogens is 2. The standard InChI is InChI=1S/C19H23ClN4O.ClH/c1-23-11-15(8-22-23)17-9-21-10-18(17)19(25)24-7-6-14(12-24)13-2-4-16(20)5-3-13;/h2-5,8,11,14,17-18,21H,6-7,9-10,12H2,1H3;1H/t14?,17-,18+;/m1./s1. The quantitative estimate of drug-likeness (QED) is 0.870. The molecule has 26 heavy (non-hydrogen) atoms. The fraction of sp³-hybridized carbons (Fsp3) is 0.474. The minimum Gasteiger partial charge on any atom is -0.342 e. The predicted octanol–water partition coefficient (Wildman–Crippen LogP) is 2.81. The van der Waals surface area contributed by atoms with Crippen LogP contribution in [0.1, 0.15) is 29.4 Å². The highest BCUT2D eigenvalue weighted by molar-refractivity contribution is 6.30. The molecule has 4 rings (SSSR count). The van der Waals surface area contributed by atoms with Gasteiger partial charge < -0.3 is 10.2 Å². The van der Waals surface area contributed by atoms with Crippen molar-refractivity contribution >= 4 is 29.9 Å². The molecule has 0 bridgehead atoms. The molecule has 2 aromatic rings. The average molecular weight is 395 g/mol. The van der Waals surface area contributed by atoms with Crippen molar-refractivity contribution < 1.29 is 4.79 Å². The number of carbonyl (C=O) groups excluding carboxylic acids is 1. The summed E-state index contributed by atoms with van der Waals surface area (Å²) in [6, 6.07) is 8.02. The van der Waals surface area contributed by atoms with Crippen LogP contribution < -0.4 is 5.32 Å². The fourth-order valence-electron chi connectivity index (χ4n) is 4.12. The first-order valence-electron chi connectivity index (χ1n) is 8.85. The normalized spacial score (nSPS) is 25.3. The molecular weight excluding hydrogens is 371 g/mol. The molecule has 7 heteroatoms. The highest BCUT2D eigenvalue weighted by Gasteiger charge is 2.39. The molecule has 3 atom stereocenters. The summed E-state index contributed by atoms with van der Waals surface area (Å²) >= 11 is 5.98. The lowest BCUT2D eigenvalue weighted by Crippen LogP contribution is -2.37. The minimum atomic E-state index is 0. The summed E-state index contributed by atoms with van der Waals surface area (Å²) in [5.41, 5.74) is 2.42. The van der Waals surface area contributed by atoms with Crippen molar-refractivity contribution in [2.24, 2.45) is 13.0 Å². The monoisotopic (exact) mass is 394 g/mol. The Hall–Kier alpha value is -1.56. The first-order valence-corrected chi connectivity index (χ1v) is 9.23. The number of rotatable bonds is 3. The van der Waals surface area contributed by atoms with Gasteiger partial charge >= 0.3 is 0 Å². The Morgan fingerprint density at radius 1 is 1.23 bits per heavy atom. The molecule has 1 aromatic carbocycles. The van der Waals surface area contributed by atoms with E-state index in [-0.39, 0.29) is 30.2 Å². The summed E-state index contributed by atoms with van der Waals surface area (Å²) in [4.78, 5) is 15.1. The van der Waals surface area contributed by atoms with E-state index in [4.69, 9.17) is 11.6 Å². The number of carbonyl (C=O) groups is 1. The number of aryl methyl sites for hydroxylation is 1. The Labute approximate surface area is 165 Å². The van der Waals surface area contributed by atoms with Crippen LogP contribution in [0.5, 0.6) is 0 Å². The summed E-state index contributed by atoms with van der Waals surface area (Å²) in [6.45, 7) is 3.23. The molecule has 1 unspecified atom stereocenters. The van der Waals surface area contributed by atoms with Crippen molar-refractivity contribution in [3.8, 4) is 0 Å². The lowest BCUT2D eigenvalue weighted by atomic mass is 9.90. The van der Waals surface area contributed by atoms with E-state index in [1.807, 2.05) is 41.2 Å². The van der Waals surface area contributed by atoms with E-state index < -0.39 is 0 Å². The van der Waals surface area contributed by atoms with Gasteiger partial charge in [-0.3, -0.25) is 9.48 Å². The minimum absolute atomic E-state index is 0. The number of nitrogens with zero attached hydrogens (tertiary/aromatic N) is 3. The van der Waals surface area contributed by atoms with Crippen LogP contribution in [0.4, 0.5) is 0 Å². The molecule has 140 valence electrons. The van der Waals surface area contributed by atoms with E-state index >= 15 is 0 Å². The van der Waals surface area contributed by atoms with Crippen molar-refractivity contribution in [1.29, 1.82) is 0 Å². The van der Waals surface area contributed by atoms with Crippen LogP contribution in [0.3, 0.4) is 0 Å². The number of amides is 1. The third-order valence-corrected chi connectivity index (χ3v) is 5.78. The Morgan fingerprint density at radius 3 is 2.69 bits per heavy atom. The van der Waals surface area contributed by atoms with Crippen LogP contribution in [-0.2, 0) is 11.8 Å². The lowest BCUT2D eigenvalue weighted by Gasteiger charge is -2.24. The van der Waals surface area contributed by atoms with Crippen LogP contribution >= 0.6 is 24.0 Å². The second-order valence-electron chi connectivity index (χ2n) is 7.14. The Bertz CT molecular complexity index is 761. The van der Waals surface area contributed by atoms with Gasteiger partial charge in [-0.05, 0) is 29.7 Å².